The van der Waals surface area contributed by atoms with Crippen LogP contribution < -0.4 is 5.32 Å². The summed E-state index contributed by atoms with van der Waals surface area (Å²) in [5.74, 6) is -0.688. The summed E-state index contributed by atoms with van der Waals surface area (Å²) in [7, 11) is 0. The highest BCUT2D eigenvalue weighted by Gasteiger charge is 2.30. The van der Waals surface area contributed by atoms with Crippen LogP contribution in [0, 0.1) is 0 Å². The monoisotopic (exact) mass is 377 g/mol. The first-order valence-corrected chi connectivity index (χ1v) is 7.90. The number of aromatic hydroxyl groups is 1. The van der Waals surface area contributed by atoms with Crippen LogP contribution in [0.2, 0.25) is 0 Å². The quantitative estimate of drug-likeness (QED) is 0.711. The molecule has 1 heterocycles. The SMILES string of the molecule is O=C(NCCc1ccc(O)cc1)c1nc(-c2ccc(C(F)(F)F)cc2)no1. The Hall–Kier alpha value is -3.36. The van der Waals surface area contributed by atoms with Crippen molar-refractivity contribution >= 4 is 5.91 Å². The van der Waals surface area contributed by atoms with Gasteiger partial charge >= 0.3 is 18.0 Å². The fourth-order valence-electron chi connectivity index (χ4n) is 2.30. The van der Waals surface area contributed by atoms with Crippen LogP contribution in [-0.4, -0.2) is 27.7 Å². The molecule has 0 radical (unpaired) electrons. The van der Waals surface area contributed by atoms with Gasteiger partial charge in [-0.05, 0) is 36.2 Å². The molecule has 0 aliphatic heterocycles. The van der Waals surface area contributed by atoms with Gasteiger partial charge in [-0.3, -0.25) is 4.79 Å². The number of aromatic nitrogens is 2. The van der Waals surface area contributed by atoms with E-state index < -0.39 is 17.6 Å². The third-order valence-electron chi connectivity index (χ3n) is 3.73. The number of hydrogen-bond acceptors (Lipinski definition) is 5. The maximum absolute atomic E-state index is 12.6. The number of benzene rings is 2. The minimum Gasteiger partial charge on any atom is -0.508 e. The molecule has 9 heteroatoms. The van der Waals surface area contributed by atoms with Crippen LogP contribution >= 0.6 is 0 Å². The van der Waals surface area contributed by atoms with Crippen LogP contribution in [0.5, 0.6) is 5.75 Å². The molecular weight excluding hydrogens is 363 g/mol. The smallest absolute Gasteiger partial charge is 0.416 e. The molecule has 3 rings (SSSR count). The third kappa shape index (κ3) is 4.63. The summed E-state index contributed by atoms with van der Waals surface area (Å²) in [6.45, 7) is 0.307. The summed E-state index contributed by atoms with van der Waals surface area (Å²) >= 11 is 0. The summed E-state index contributed by atoms with van der Waals surface area (Å²) in [5.41, 5.74) is 0.431. The van der Waals surface area contributed by atoms with Crippen molar-refractivity contribution < 1.29 is 27.6 Å². The number of amides is 1. The van der Waals surface area contributed by atoms with Crippen molar-refractivity contribution in [1.29, 1.82) is 0 Å². The molecule has 1 amide bonds. The fourth-order valence-corrected chi connectivity index (χ4v) is 2.30. The van der Waals surface area contributed by atoms with E-state index in [1.807, 2.05) is 0 Å². The van der Waals surface area contributed by atoms with E-state index in [0.29, 0.717) is 18.5 Å². The Morgan fingerprint density at radius 2 is 1.74 bits per heavy atom. The minimum absolute atomic E-state index is 0.0207. The molecule has 0 fully saturated rings. The van der Waals surface area contributed by atoms with E-state index in [0.717, 1.165) is 17.7 Å². The molecule has 2 N–H and O–H groups in total. The van der Waals surface area contributed by atoms with Gasteiger partial charge in [0.1, 0.15) is 5.75 Å². The molecule has 0 unspecified atom stereocenters. The number of hydrogen-bond donors (Lipinski definition) is 2. The topological polar surface area (TPSA) is 88.2 Å². The molecule has 140 valence electrons. The van der Waals surface area contributed by atoms with Gasteiger partial charge in [-0.15, -0.1) is 0 Å². The predicted octanol–water partition coefficient (Wildman–Crippen LogP) is 3.43. The van der Waals surface area contributed by atoms with Gasteiger partial charge in [0.2, 0.25) is 5.82 Å². The molecular formula is C18H14F3N3O3. The van der Waals surface area contributed by atoms with Crippen molar-refractivity contribution in [1.82, 2.24) is 15.5 Å². The van der Waals surface area contributed by atoms with Crippen molar-refractivity contribution in [3.8, 4) is 17.1 Å². The number of alkyl halides is 3. The zero-order valence-corrected chi connectivity index (χ0v) is 13.8. The maximum Gasteiger partial charge on any atom is 0.416 e. The van der Waals surface area contributed by atoms with Gasteiger partial charge in [0, 0.05) is 12.1 Å². The Kier molecular flexibility index (Phi) is 5.11. The van der Waals surface area contributed by atoms with E-state index in [9.17, 15) is 23.1 Å². The number of phenols is 1. The van der Waals surface area contributed by atoms with Gasteiger partial charge in [-0.1, -0.05) is 29.4 Å². The Labute approximate surface area is 151 Å². The lowest BCUT2D eigenvalue weighted by atomic mass is 10.1. The van der Waals surface area contributed by atoms with Crippen LogP contribution in [0.15, 0.2) is 53.1 Å². The second-order valence-electron chi connectivity index (χ2n) is 5.67. The van der Waals surface area contributed by atoms with Gasteiger partial charge in [-0.25, -0.2) is 0 Å². The van der Waals surface area contributed by atoms with Crippen molar-refractivity contribution in [3.63, 3.8) is 0 Å². The van der Waals surface area contributed by atoms with Crippen molar-refractivity contribution in [2.24, 2.45) is 0 Å². The number of nitrogens with zero attached hydrogens (tertiary/aromatic N) is 2. The largest absolute Gasteiger partial charge is 0.508 e. The van der Waals surface area contributed by atoms with Crippen molar-refractivity contribution in [2.45, 2.75) is 12.6 Å². The van der Waals surface area contributed by atoms with Gasteiger partial charge in [0.15, 0.2) is 0 Å². The first-order valence-electron chi connectivity index (χ1n) is 7.90. The van der Waals surface area contributed by atoms with E-state index in [4.69, 9.17) is 4.52 Å². The molecule has 0 saturated heterocycles. The summed E-state index contributed by atoms with van der Waals surface area (Å²) in [5, 5.41) is 15.4. The summed E-state index contributed by atoms with van der Waals surface area (Å²) in [4.78, 5) is 15.9. The second kappa shape index (κ2) is 7.48. The van der Waals surface area contributed by atoms with Gasteiger partial charge in [0.05, 0.1) is 5.56 Å². The maximum atomic E-state index is 12.6. The number of carbonyl (C=O) groups is 1. The van der Waals surface area contributed by atoms with Crippen LogP contribution in [0.25, 0.3) is 11.4 Å². The molecule has 2 aromatic carbocycles. The van der Waals surface area contributed by atoms with Crippen LogP contribution in [0.4, 0.5) is 13.2 Å². The molecule has 0 spiro atoms. The van der Waals surface area contributed by atoms with Crippen LogP contribution in [0.3, 0.4) is 0 Å². The first-order chi connectivity index (χ1) is 12.8. The van der Waals surface area contributed by atoms with Gasteiger partial charge < -0.3 is 14.9 Å². The molecule has 0 saturated carbocycles. The predicted molar refractivity (Wildman–Crippen MR) is 88.9 cm³/mol. The zero-order valence-electron chi connectivity index (χ0n) is 13.8. The highest BCUT2D eigenvalue weighted by atomic mass is 19.4. The molecule has 3 aromatic rings. The second-order valence-corrected chi connectivity index (χ2v) is 5.67. The summed E-state index contributed by atoms with van der Waals surface area (Å²) in [6, 6.07) is 10.8. The number of rotatable bonds is 5. The van der Waals surface area contributed by atoms with E-state index in [1.165, 1.54) is 12.1 Å². The lowest BCUT2D eigenvalue weighted by molar-refractivity contribution is -0.137. The molecule has 0 bridgehead atoms. The Morgan fingerprint density at radius 1 is 1.07 bits per heavy atom. The number of nitrogens with one attached hydrogen (secondary N) is 1. The standard InChI is InChI=1S/C18H14F3N3O3/c19-18(20,21)13-5-3-12(4-6-13)15-23-17(27-24-15)16(26)22-10-9-11-1-7-14(25)8-2-11/h1-8,25H,9-10H2,(H,22,26). The molecule has 0 atom stereocenters. The number of halogens is 3. The zero-order chi connectivity index (χ0) is 19.4. The summed E-state index contributed by atoms with van der Waals surface area (Å²) < 4.78 is 42.6. The molecule has 0 aliphatic rings. The van der Waals surface area contributed by atoms with Crippen LogP contribution in [0.1, 0.15) is 21.8 Å². The number of phenolic OH excluding ortho intramolecular Hbond substituents is 1. The molecule has 0 aliphatic carbocycles. The van der Waals surface area contributed by atoms with Gasteiger partial charge in [0.25, 0.3) is 0 Å². The summed E-state index contributed by atoms with van der Waals surface area (Å²) in [6.07, 6.45) is -3.90. The highest BCUT2D eigenvalue weighted by Crippen LogP contribution is 2.30. The number of carbonyl (C=O) groups excluding carboxylic acids is 1. The minimum atomic E-state index is -4.43. The van der Waals surface area contributed by atoms with E-state index in [1.54, 1.807) is 24.3 Å². The molecule has 27 heavy (non-hydrogen) atoms. The van der Waals surface area contributed by atoms with E-state index in [-0.39, 0.29) is 17.5 Å². The highest BCUT2D eigenvalue weighted by molar-refractivity contribution is 5.89. The van der Waals surface area contributed by atoms with Crippen molar-refractivity contribution in [2.75, 3.05) is 6.54 Å². The Morgan fingerprint density at radius 3 is 2.37 bits per heavy atom. The van der Waals surface area contributed by atoms with Crippen LogP contribution in [-0.2, 0) is 12.6 Å². The van der Waals surface area contributed by atoms with Gasteiger partial charge in [-0.2, -0.15) is 18.2 Å². The normalized spacial score (nSPS) is 11.4. The first kappa shape index (κ1) is 18.4. The van der Waals surface area contributed by atoms with E-state index in [2.05, 4.69) is 15.5 Å². The lowest BCUT2D eigenvalue weighted by Gasteiger charge is -2.05. The Bertz CT molecular complexity index is 920. The van der Waals surface area contributed by atoms with Crippen molar-refractivity contribution in [3.05, 3.63) is 65.5 Å². The fraction of sp³-hybridized carbons (Fsp3) is 0.167. The average Bonchev–Trinajstić information content (AvgIpc) is 3.13. The van der Waals surface area contributed by atoms with E-state index >= 15 is 0 Å². The Balaban J connectivity index is 1.59. The average molecular weight is 377 g/mol. The third-order valence-corrected chi connectivity index (χ3v) is 3.73. The lowest BCUT2D eigenvalue weighted by Crippen LogP contribution is -2.25. The molecule has 1 aromatic heterocycles. The molecule has 6 nitrogen and oxygen atoms in total.